The second kappa shape index (κ2) is 7.92. The van der Waals surface area contributed by atoms with Gasteiger partial charge in [-0.1, -0.05) is 12.1 Å². The third-order valence-corrected chi connectivity index (χ3v) is 4.96. The van der Waals surface area contributed by atoms with Crippen molar-refractivity contribution in [3.63, 3.8) is 0 Å². The lowest BCUT2D eigenvalue weighted by atomic mass is 10.2. The van der Waals surface area contributed by atoms with Crippen molar-refractivity contribution in [2.24, 2.45) is 5.10 Å². The van der Waals surface area contributed by atoms with Crippen LogP contribution in [-0.4, -0.2) is 35.5 Å². The number of hydrogen-bond acceptors (Lipinski definition) is 6. The second-order valence-corrected chi connectivity index (χ2v) is 6.77. The highest BCUT2D eigenvalue weighted by Crippen LogP contribution is 2.36. The van der Waals surface area contributed by atoms with Crippen LogP contribution >= 0.6 is 11.8 Å². The molecular weight excluding hydrogens is 354 g/mol. The highest BCUT2D eigenvalue weighted by atomic mass is 32.2. The van der Waals surface area contributed by atoms with Crippen LogP contribution in [0.2, 0.25) is 0 Å². The fourth-order valence-corrected chi connectivity index (χ4v) is 3.50. The van der Waals surface area contributed by atoms with E-state index >= 15 is 0 Å². The van der Waals surface area contributed by atoms with E-state index in [0.717, 1.165) is 10.6 Å². The predicted octanol–water partition coefficient (Wildman–Crippen LogP) is 2.35. The van der Waals surface area contributed by atoms with Gasteiger partial charge in [-0.3, -0.25) is 9.59 Å². The van der Waals surface area contributed by atoms with E-state index in [2.05, 4.69) is 15.8 Å². The molecule has 2 amide bonds. The number of carbonyl (C=O) groups is 2. The average Bonchev–Trinajstić information content (AvgIpc) is 2.63. The largest absolute Gasteiger partial charge is 0.504 e. The fourth-order valence-electron chi connectivity index (χ4n) is 2.39. The molecule has 0 fully saturated rings. The molecule has 3 rings (SSSR count). The Labute approximate surface area is 154 Å². The van der Waals surface area contributed by atoms with E-state index in [9.17, 15) is 14.7 Å². The first-order valence-electron chi connectivity index (χ1n) is 7.82. The molecule has 0 radical (unpaired) electrons. The molecule has 3 N–H and O–H groups in total. The van der Waals surface area contributed by atoms with Gasteiger partial charge in [-0.25, -0.2) is 5.43 Å². The topological polar surface area (TPSA) is 100 Å². The van der Waals surface area contributed by atoms with Crippen molar-refractivity contribution in [2.45, 2.75) is 16.6 Å². The average molecular weight is 371 g/mol. The number of nitrogens with one attached hydrogen (secondary N) is 2. The number of thioether (sulfide) groups is 1. The van der Waals surface area contributed by atoms with Crippen LogP contribution < -0.4 is 15.5 Å². The monoisotopic (exact) mass is 371 g/mol. The molecule has 0 saturated heterocycles. The van der Waals surface area contributed by atoms with Gasteiger partial charge in [0.2, 0.25) is 11.8 Å². The van der Waals surface area contributed by atoms with E-state index in [4.69, 9.17) is 4.74 Å². The van der Waals surface area contributed by atoms with Crippen LogP contribution in [0, 0.1) is 0 Å². The predicted molar refractivity (Wildman–Crippen MR) is 99.7 cm³/mol. The van der Waals surface area contributed by atoms with Crippen molar-refractivity contribution in [2.75, 3.05) is 12.4 Å². The lowest BCUT2D eigenvalue weighted by Gasteiger charge is -2.23. The number of hydrogen-bond donors (Lipinski definition) is 3. The number of ether oxygens (including phenoxy) is 1. The maximum atomic E-state index is 12.1. The van der Waals surface area contributed by atoms with Crippen LogP contribution in [0.3, 0.4) is 0 Å². The van der Waals surface area contributed by atoms with Crippen molar-refractivity contribution in [3.05, 3.63) is 48.0 Å². The Kier molecular flexibility index (Phi) is 5.43. The number of benzene rings is 2. The van der Waals surface area contributed by atoms with E-state index in [1.807, 2.05) is 24.3 Å². The molecular formula is C18H17N3O4S. The first kappa shape index (κ1) is 17.8. The number of carbonyl (C=O) groups excluding carboxylic acids is 2. The molecule has 2 aromatic rings. The molecule has 0 saturated carbocycles. The molecule has 0 spiro atoms. The highest BCUT2D eigenvalue weighted by Gasteiger charge is 2.28. The molecule has 0 unspecified atom stereocenters. The summed E-state index contributed by atoms with van der Waals surface area (Å²) in [6, 6.07) is 12.2. The minimum Gasteiger partial charge on any atom is -0.504 e. The van der Waals surface area contributed by atoms with Gasteiger partial charge in [0.1, 0.15) is 0 Å². The Hall–Kier alpha value is -3.00. The number of anilines is 1. The molecule has 8 heteroatoms. The molecule has 7 nitrogen and oxygen atoms in total. The third-order valence-electron chi connectivity index (χ3n) is 3.68. The van der Waals surface area contributed by atoms with Crippen molar-refractivity contribution in [1.82, 2.24) is 5.43 Å². The number of phenols is 1. The first-order valence-corrected chi connectivity index (χ1v) is 8.70. The fraction of sp³-hybridized carbons (Fsp3) is 0.167. The summed E-state index contributed by atoms with van der Waals surface area (Å²) in [6.45, 7) is 0. The summed E-state index contributed by atoms with van der Waals surface area (Å²) in [5, 5.41) is 15.7. The number of amides is 2. The molecule has 0 bridgehead atoms. The molecule has 26 heavy (non-hydrogen) atoms. The van der Waals surface area contributed by atoms with E-state index < -0.39 is 5.25 Å². The van der Waals surface area contributed by atoms with E-state index in [1.165, 1.54) is 31.2 Å². The highest BCUT2D eigenvalue weighted by molar-refractivity contribution is 8.01. The van der Waals surface area contributed by atoms with Crippen LogP contribution in [0.5, 0.6) is 11.5 Å². The molecule has 134 valence electrons. The Morgan fingerprint density at radius 1 is 1.38 bits per heavy atom. The van der Waals surface area contributed by atoms with Crippen molar-refractivity contribution in [3.8, 4) is 11.5 Å². The summed E-state index contributed by atoms with van der Waals surface area (Å²) in [5.74, 6) is -0.223. The van der Waals surface area contributed by atoms with Gasteiger partial charge < -0.3 is 15.2 Å². The van der Waals surface area contributed by atoms with Gasteiger partial charge in [0, 0.05) is 11.3 Å². The molecule has 0 aromatic heterocycles. The normalized spacial score (nSPS) is 16.0. The number of methoxy groups -OCH3 is 1. The third kappa shape index (κ3) is 4.15. The van der Waals surface area contributed by atoms with Crippen molar-refractivity contribution in [1.29, 1.82) is 0 Å². The first-order chi connectivity index (χ1) is 12.6. The minimum absolute atomic E-state index is 0.0150. The van der Waals surface area contributed by atoms with Gasteiger partial charge >= 0.3 is 0 Å². The van der Waals surface area contributed by atoms with E-state index in [0.29, 0.717) is 11.3 Å². The Balaban J connectivity index is 1.57. The number of phenolic OH excluding ortho intramolecular Hbond substituents is 1. The molecule has 1 heterocycles. The Bertz CT molecular complexity index is 869. The van der Waals surface area contributed by atoms with Gasteiger partial charge in [-0.05, 0) is 35.9 Å². The Morgan fingerprint density at radius 3 is 3.00 bits per heavy atom. The zero-order valence-electron chi connectivity index (χ0n) is 13.9. The number of aromatic hydroxyl groups is 1. The number of para-hydroxylation sites is 1. The maximum Gasteiger partial charge on any atom is 0.241 e. The second-order valence-electron chi connectivity index (χ2n) is 5.52. The van der Waals surface area contributed by atoms with Gasteiger partial charge in [0.15, 0.2) is 11.5 Å². The maximum absolute atomic E-state index is 12.1. The summed E-state index contributed by atoms with van der Waals surface area (Å²) >= 11 is 1.36. The standard InChI is InChI=1S/C18H17N3O4S/c1-25-14-8-11(6-7-13(14)22)10-19-21-17(23)9-16-18(24)20-12-4-2-3-5-15(12)26-16/h2-8,10,16,22H,9H2,1H3,(H,20,24)(H,21,23)/b19-10+/t16-/m1/s1. The lowest BCUT2D eigenvalue weighted by molar-refractivity contribution is -0.124. The van der Waals surface area contributed by atoms with Gasteiger partial charge in [-0.2, -0.15) is 5.10 Å². The zero-order chi connectivity index (χ0) is 18.5. The van der Waals surface area contributed by atoms with E-state index in [1.54, 1.807) is 12.1 Å². The van der Waals surface area contributed by atoms with Crippen LogP contribution in [0.15, 0.2) is 52.5 Å². The van der Waals surface area contributed by atoms with Crippen LogP contribution in [-0.2, 0) is 9.59 Å². The SMILES string of the molecule is COc1cc(/C=N/NC(=O)C[C@H]2Sc3ccccc3NC2=O)ccc1O. The molecule has 1 aliphatic heterocycles. The molecule has 0 aliphatic carbocycles. The smallest absolute Gasteiger partial charge is 0.241 e. The van der Waals surface area contributed by atoms with Crippen LogP contribution in [0.25, 0.3) is 0 Å². The Morgan fingerprint density at radius 2 is 2.19 bits per heavy atom. The summed E-state index contributed by atoms with van der Waals surface area (Å²) in [6.07, 6.45) is 1.45. The van der Waals surface area contributed by atoms with Gasteiger partial charge in [0.05, 0.1) is 24.3 Å². The number of hydrazone groups is 1. The molecule has 1 aliphatic rings. The summed E-state index contributed by atoms with van der Waals surface area (Å²) in [7, 11) is 1.45. The van der Waals surface area contributed by atoms with Gasteiger partial charge in [0.25, 0.3) is 0 Å². The summed E-state index contributed by atoms with van der Waals surface area (Å²) in [4.78, 5) is 25.1. The summed E-state index contributed by atoms with van der Waals surface area (Å²) < 4.78 is 5.01. The summed E-state index contributed by atoms with van der Waals surface area (Å²) in [5.41, 5.74) is 3.82. The number of rotatable bonds is 5. The molecule has 2 aromatic carbocycles. The van der Waals surface area contributed by atoms with Gasteiger partial charge in [-0.15, -0.1) is 11.8 Å². The zero-order valence-corrected chi connectivity index (χ0v) is 14.7. The van der Waals surface area contributed by atoms with Crippen molar-refractivity contribution >= 4 is 35.5 Å². The van der Waals surface area contributed by atoms with Crippen molar-refractivity contribution < 1.29 is 19.4 Å². The number of fused-ring (bicyclic) bond motifs is 1. The van der Waals surface area contributed by atoms with E-state index in [-0.39, 0.29) is 24.0 Å². The lowest BCUT2D eigenvalue weighted by Crippen LogP contribution is -2.33. The molecule has 1 atom stereocenters. The quantitative estimate of drug-likeness (QED) is 0.553. The van der Waals surface area contributed by atoms with Crippen LogP contribution in [0.4, 0.5) is 5.69 Å². The van der Waals surface area contributed by atoms with Crippen LogP contribution in [0.1, 0.15) is 12.0 Å². The number of nitrogens with zero attached hydrogens (tertiary/aromatic N) is 1. The minimum atomic E-state index is -0.506.